The second-order valence-corrected chi connectivity index (χ2v) is 8.34. The third-order valence-electron chi connectivity index (χ3n) is 7.23. The Kier molecular flexibility index (Phi) is 3.09. The predicted molar refractivity (Wildman–Crippen MR) is 102 cm³/mol. The van der Waals surface area contributed by atoms with Gasteiger partial charge in [-0.15, -0.1) is 0 Å². The van der Waals surface area contributed by atoms with Gasteiger partial charge in [-0.1, -0.05) is 61.4 Å². The van der Waals surface area contributed by atoms with Gasteiger partial charge in [-0.25, -0.2) is 0 Å². The number of rotatable bonds is 2. The molecule has 0 amide bonds. The lowest BCUT2D eigenvalue weighted by atomic mass is 9.68. The van der Waals surface area contributed by atoms with Gasteiger partial charge in [0.2, 0.25) is 0 Å². The van der Waals surface area contributed by atoms with Crippen LogP contribution in [0, 0.1) is 11.3 Å². The van der Waals surface area contributed by atoms with Crippen molar-refractivity contribution in [2.24, 2.45) is 11.3 Å². The molecule has 2 aromatic rings. The SMILES string of the molecule is CN(C)[C@]12CC(=O)[C@@]3(C=C1c1cccc4ccccc14)CCCC[C@H]32. The molecule has 2 nitrogen and oxygen atoms in total. The van der Waals surface area contributed by atoms with Crippen molar-refractivity contribution < 1.29 is 4.79 Å². The zero-order chi connectivity index (χ0) is 17.2. The van der Waals surface area contributed by atoms with Crippen molar-refractivity contribution in [1.82, 2.24) is 4.90 Å². The van der Waals surface area contributed by atoms with Gasteiger partial charge in [0, 0.05) is 6.42 Å². The molecule has 3 atom stereocenters. The molecule has 2 saturated carbocycles. The molecule has 0 saturated heterocycles. The van der Waals surface area contributed by atoms with Crippen LogP contribution >= 0.6 is 0 Å². The van der Waals surface area contributed by atoms with Crippen LogP contribution in [0.15, 0.2) is 48.5 Å². The van der Waals surface area contributed by atoms with Gasteiger partial charge in [-0.05, 0) is 54.8 Å². The minimum atomic E-state index is -0.200. The second-order valence-electron chi connectivity index (χ2n) is 8.34. The summed E-state index contributed by atoms with van der Waals surface area (Å²) in [7, 11) is 4.34. The highest BCUT2D eigenvalue weighted by molar-refractivity contribution is 6.05. The standard InChI is InChI=1S/C23H25NO/c1-24(2)23-15-21(25)22(13-6-5-12-20(22)23)14-19(23)18-11-7-9-16-8-3-4-10-17(16)18/h3-4,7-11,14,20H,5-6,12-13,15H2,1-2H3/t20-,22-,23-/m1/s1. The Morgan fingerprint density at radius 2 is 1.84 bits per heavy atom. The number of hydrogen-bond acceptors (Lipinski definition) is 2. The highest BCUT2D eigenvalue weighted by Crippen LogP contribution is 2.67. The van der Waals surface area contributed by atoms with E-state index in [4.69, 9.17) is 0 Å². The molecule has 128 valence electrons. The number of carbonyl (C=O) groups is 1. The summed E-state index contributed by atoms with van der Waals surface area (Å²) in [4.78, 5) is 15.4. The molecule has 2 bridgehead atoms. The molecule has 0 N–H and O–H groups in total. The van der Waals surface area contributed by atoms with E-state index in [-0.39, 0.29) is 11.0 Å². The highest BCUT2D eigenvalue weighted by atomic mass is 16.1. The first-order valence-electron chi connectivity index (χ1n) is 9.52. The fourth-order valence-electron chi connectivity index (χ4n) is 6.13. The Balaban J connectivity index is 1.80. The smallest absolute Gasteiger partial charge is 0.145 e. The molecular formula is C23H25NO. The minimum absolute atomic E-state index is 0.123. The Labute approximate surface area is 149 Å². The van der Waals surface area contributed by atoms with Gasteiger partial charge in [0.05, 0.1) is 11.0 Å². The zero-order valence-corrected chi connectivity index (χ0v) is 15.1. The molecule has 0 heterocycles. The molecule has 0 unspecified atom stereocenters. The molecular weight excluding hydrogens is 306 g/mol. The first-order chi connectivity index (χ1) is 12.1. The van der Waals surface area contributed by atoms with Gasteiger partial charge in [0.15, 0.2) is 0 Å². The lowest BCUT2D eigenvalue weighted by molar-refractivity contribution is -0.125. The van der Waals surface area contributed by atoms with E-state index in [1.165, 1.54) is 41.2 Å². The summed E-state index contributed by atoms with van der Waals surface area (Å²) in [5, 5.41) is 2.59. The summed E-state index contributed by atoms with van der Waals surface area (Å²) in [6, 6.07) is 15.2. The number of fused-ring (bicyclic) bond motifs is 1. The maximum atomic E-state index is 13.1. The quantitative estimate of drug-likeness (QED) is 0.796. The molecule has 2 heteroatoms. The van der Waals surface area contributed by atoms with Crippen LogP contribution < -0.4 is 0 Å². The zero-order valence-electron chi connectivity index (χ0n) is 15.1. The van der Waals surface area contributed by atoms with E-state index in [0.29, 0.717) is 18.1 Å². The van der Waals surface area contributed by atoms with Gasteiger partial charge in [0.25, 0.3) is 0 Å². The molecule has 0 spiro atoms. The number of nitrogens with zero attached hydrogens (tertiary/aromatic N) is 1. The number of allylic oxidation sites excluding steroid dienone is 1. The average Bonchev–Trinajstić information content (AvgIpc) is 3.07. The van der Waals surface area contributed by atoms with E-state index in [1.807, 2.05) is 0 Å². The van der Waals surface area contributed by atoms with Gasteiger partial charge in [-0.3, -0.25) is 9.69 Å². The Bertz CT molecular complexity index is 906. The monoisotopic (exact) mass is 331 g/mol. The summed E-state index contributed by atoms with van der Waals surface area (Å²) in [5.41, 5.74) is 2.41. The molecule has 3 aliphatic rings. The van der Waals surface area contributed by atoms with Gasteiger partial charge >= 0.3 is 0 Å². The van der Waals surface area contributed by atoms with Crippen LogP contribution in [0.1, 0.15) is 37.7 Å². The average molecular weight is 331 g/mol. The molecule has 2 fully saturated rings. The molecule has 0 aromatic heterocycles. The van der Waals surface area contributed by atoms with Crippen molar-refractivity contribution in [3.05, 3.63) is 54.1 Å². The van der Waals surface area contributed by atoms with Crippen molar-refractivity contribution in [2.45, 2.75) is 37.6 Å². The summed E-state index contributed by atoms with van der Waals surface area (Å²) >= 11 is 0. The maximum Gasteiger partial charge on any atom is 0.145 e. The first kappa shape index (κ1) is 15.3. The van der Waals surface area contributed by atoms with Crippen molar-refractivity contribution in [1.29, 1.82) is 0 Å². The number of ketones is 1. The van der Waals surface area contributed by atoms with Crippen molar-refractivity contribution in [2.75, 3.05) is 14.1 Å². The largest absolute Gasteiger partial charge is 0.299 e. The summed E-state index contributed by atoms with van der Waals surface area (Å²) in [6.07, 6.45) is 7.73. The maximum absolute atomic E-state index is 13.1. The van der Waals surface area contributed by atoms with E-state index >= 15 is 0 Å². The Hall–Kier alpha value is -1.93. The molecule has 0 radical (unpaired) electrons. The van der Waals surface area contributed by atoms with Crippen LogP contribution in [0.2, 0.25) is 0 Å². The van der Waals surface area contributed by atoms with Gasteiger partial charge < -0.3 is 0 Å². The van der Waals surface area contributed by atoms with Crippen LogP contribution in [-0.4, -0.2) is 30.3 Å². The van der Waals surface area contributed by atoms with Crippen molar-refractivity contribution in [3.63, 3.8) is 0 Å². The van der Waals surface area contributed by atoms with E-state index in [0.717, 1.165) is 6.42 Å². The lowest BCUT2D eigenvalue weighted by Gasteiger charge is -2.43. The molecule has 25 heavy (non-hydrogen) atoms. The predicted octanol–water partition coefficient (Wildman–Crippen LogP) is 4.69. The summed E-state index contributed by atoms with van der Waals surface area (Å²) in [6.45, 7) is 0. The second kappa shape index (κ2) is 5.04. The van der Waals surface area contributed by atoms with Crippen LogP contribution in [0.5, 0.6) is 0 Å². The third kappa shape index (κ3) is 1.76. The summed E-state index contributed by atoms with van der Waals surface area (Å²) in [5.74, 6) is 0.931. The first-order valence-corrected chi connectivity index (χ1v) is 9.52. The normalized spacial score (nSPS) is 33.8. The van der Waals surface area contributed by atoms with E-state index in [2.05, 4.69) is 67.5 Å². The third-order valence-corrected chi connectivity index (χ3v) is 7.23. The van der Waals surface area contributed by atoms with Crippen LogP contribution in [0.4, 0.5) is 0 Å². The fourth-order valence-corrected chi connectivity index (χ4v) is 6.13. The fraction of sp³-hybridized carbons (Fsp3) is 0.435. The van der Waals surface area contributed by atoms with Crippen LogP contribution in [0.3, 0.4) is 0 Å². The number of likely N-dealkylation sites (N-methyl/N-ethyl adjacent to an activating group) is 1. The van der Waals surface area contributed by atoms with Crippen molar-refractivity contribution in [3.8, 4) is 0 Å². The minimum Gasteiger partial charge on any atom is -0.299 e. The molecule has 3 aliphatic carbocycles. The van der Waals surface area contributed by atoms with E-state index in [1.54, 1.807) is 0 Å². The molecule has 5 rings (SSSR count). The van der Waals surface area contributed by atoms with E-state index < -0.39 is 0 Å². The number of benzene rings is 2. The topological polar surface area (TPSA) is 20.3 Å². The van der Waals surface area contributed by atoms with Crippen LogP contribution in [0.25, 0.3) is 16.3 Å². The number of Topliss-reactive ketones (excluding diaryl/α,β-unsaturated/α-hetero) is 1. The number of hydrogen-bond donors (Lipinski definition) is 0. The molecule has 2 aromatic carbocycles. The summed E-state index contributed by atoms with van der Waals surface area (Å²) < 4.78 is 0. The van der Waals surface area contributed by atoms with Crippen molar-refractivity contribution >= 4 is 22.1 Å². The number of carbonyl (C=O) groups excluding carboxylic acids is 1. The Morgan fingerprint density at radius 1 is 1.04 bits per heavy atom. The van der Waals surface area contributed by atoms with Gasteiger partial charge in [0.1, 0.15) is 5.78 Å². The lowest BCUT2D eigenvalue weighted by Crippen LogP contribution is -2.48. The van der Waals surface area contributed by atoms with E-state index in [9.17, 15) is 4.79 Å². The highest BCUT2D eigenvalue weighted by Gasteiger charge is 2.68. The molecule has 0 aliphatic heterocycles. The Morgan fingerprint density at radius 3 is 2.68 bits per heavy atom. The van der Waals surface area contributed by atoms with Crippen LogP contribution in [-0.2, 0) is 4.79 Å². The van der Waals surface area contributed by atoms with Gasteiger partial charge in [-0.2, -0.15) is 0 Å².